The van der Waals surface area contributed by atoms with Gasteiger partial charge in [0.2, 0.25) is 0 Å². The molecule has 0 atom stereocenters. The predicted octanol–water partition coefficient (Wildman–Crippen LogP) is 4.10. The van der Waals surface area contributed by atoms with Gasteiger partial charge < -0.3 is 9.67 Å². The summed E-state index contributed by atoms with van der Waals surface area (Å²) < 4.78 is 42.0. The molecule has 0 radical (unpaired) electrons. The first-order chi connectivity index (χ1) is 14.5. The Balaban J connectivity index is 1.50. The van der Waals surface area contributed by atoms with Crippen molar-refractivity contribution in [3.8, 4) is 0 Å². The molecule has 0 bridgehead atoms. The third-order valence-electron chi connectivity index (χ3n) is 6.05. The molecule has 1 aliphatic heterocycles. The van der Waals surface area contributed by atoms with Crippen molar-refractivity contribution in [2.24, 2.45) is 0 Å². The lowest BCUT2D eigenvalue weighted by Gasteiger charge is -2.39. The van der Waals surface area contributed by atoms with Crippen LogP contribution in [0.4, 0.5) is 13.2 Å². The van der Waals surface area contributed by atoms with E-state index in [4.69, 9.17) is 0 Å². The summed E-state index contributed by atoms with van der Waals surface area (Å²) in [5.74, 6) is 0. The van der Waals surface area contributed by atoms with Crippen molar-refractivity contribution in [1.82, 2.24) is 24.6 Å². The van der Waals surface area contributed by atoms with Gasteiger partial charge in [0.15, 0.2) is 0 Å². The van der Waals surface area contributed by atoms with Crippen molar-refractivity contribution in [3.63, 3.8) is 0 Å². The SMILES string of the molecule is CC(C)(C)c1[nH]ncc1CN1CCC(O)(Cn2c(C(F)(F)F)cc3cccnc32)CC1. The molecular formula is C22H28F3N5O. The van der Waals surface area contributed by atoms with E-state index < -0.39 is 17.5 Å². The topological polar surface area (TPSA) is 70.0 Å². The van der Waals surface area contributed by atoms with Crippen molar-refractivity contribution >= 4 is 11.0 Å². The summed E-state index contributed by atoms with van der Waals surface area (Å²) in [6.45, 7) is 8.11. The molecule has 3 aromatic heterocycles. The molecule has 0 unspecified atom stereocenters. The van der Waals surface area contributed by atoms with Crippen LogP contribution < -0.4 is 0 Å². The van der Waals surface area contributed by atoms with Crippen LogP contribution in [0.3, 0.4) is 0 Å². The second-order valence-electron chi connectivity index (χ2n) is 9.55. The normalized spacial score (nSPS) is 18.0. The van der Waals surface area contributed by atoms with E-state index in [1.807, 2.05) is 6.20 Å². The highest BCUT2D eigenvalue weighted by Gasteiger charge is 2.40. The zero-order valence-corrected chi connectivity index (χ0v) is 18.0. The number of alkyl halides is 3. The minimum absolute atomic E-state index is 0.0567. The zero-order chi connectivity index (χ0) is 22.4. The van der Waals surface area contributed by atoms with E-state index >= 15 is 0 Å². The second kappa shape index (κ2) is 7.63. The van der Waals surface area contributed by atoms with E-state index in [0.717, 1.165) is 21.9 Å². The van der Waals surface area contributed by atoms with Crippen molar-refractivity contribution in [2.75, 3.05) is 13.1 Å². The number of likely N-dealkylation sites (tertiary alicyclic amines) is 1. The van der Waals surface area contributed by atoms with E-state index in [9.17, 15) is 18.3 Å². The predicted molar refractivity (Wildman–Crippen MR) is 111 cm³/mol. The van der Waals surface area contributed by atoms with Crippen LogP contribution in [-0.2, 0) is 24.7 Å². The number of aliphatic hydroxyl groups is 1. The molecule has 1 saturated heterocycles. The Morgan fingerprint density at radius 1 is 1.19 bits per heavy atom. The standard InChI is InChI=1S/C22H28F3N5O/c1-20(2,3)18-16(12-27-28-18)13-29-9-6-21(31,7-10-29)14-30-17(22(23,24)25)11-15-5-4-8-26-19(15)30/h4-5,8,11-12,31H,6-7,9-10,13-14H2,1-3H3,(H,27,28). The molecule has 3 aromatic rings. The first-order valence-electron chi connectivity index (χ1n) is 10.5. The fourth-order valence-electron chi connectivity index (χ4n) is 4.38. The van der Waals surface area contributed by atoms with Crippen molar-refractivity contribution < 1.29 is 18.3 Å². The molecule has 2 N–H and O–H groups in total. The molecule has 0 amide bonds. The lowest BCUT2D eigenvalue weighted by Crippen LogP contribution is -2.47. The third-order valence-corrected chi connectivity index (χ3v) is 6.05. The van der Waals surface area contributed by atoms with Gasteiger partial charge in [0.1, 0.15) is 11.3 Å². The van der Waals surface area contributed by atoms with Gasteiger partial charge in [-0.25, -0.2) is 4.98 Å². The molecule has 1 aliphatic rings. The van der Waals surface area contributed by atoms with E-state index in [2.05, 4.69) is 40.9 Å². The number of aromatic nitrogens is 4. The van der Waals surface area contributed by atoms with Crippen LogP contribution in [-0.4, -0.2) is 48.4 Å². The number of nitrogens with one attached hydrogen (secondary N) is 1. The number of hydrogen-bond acceptors (Lipinski definition) is 4. The van der Waals surface area contributed by atoms with Crippen LogP contribution in [0, 0.1) is 0 Å². The minimum atomic E-state index is -4.51. The molecule has 4 heterocycles. The Hall–Kier alpha value is -2.39. The number of pyridine rings is 1. The molecule has 31 heavy (non-hydrogen) atoms. The fourth-order valence-corrected chi connectivity index (χ4v) is 4.38. The molecule has 0 aliphatic carbocycles. The maximum Gasteiger partial charge on any atom is 0.431 e. The molecule has 0 saturated carbocycles. The van der Waals surface area contributed by atoms with Gasteiger partial charge >= 0.3 is 6.18 Å². The third kappa shape index (κ3) is 4.48. The maximum atomic E-state index is 13.6. The highest BCUT2D eigenvalue weighted by atomic mass is 19.4. The van der Waals surface area contributed by atoms with Crippen LogP contribution in [0.1, 0.15) is 50.6 Å². The van der Waals surface area contributed by atoms with E-state index in [0.29, 0.717) is 37.9 Å². The first kappa shape index (κ1) is 21.8. The van der Waals surface area contributed by atoms with Gasteiger partial charge in [0, 0.05) is 47.9 Å². The van der Waals surface area contributed by atoms with Gasteiger partial charge in [0.25, 0.3) is 0 Å². The second-order valence-corrected chi connectivity index (χ2v) is 9.55. The van der Waals surface area contributed by atoms with E-state index in [1.54, 1.807) is 12.1 Å². The molecule has 4 rings (SSSR count). The Bertz CT molecular complexity index is 1060. The Labute approximate surface area is 179 Å². The van der Waals surface area contributed by atoms with E-state index in [1.165, 1.54) is 6.20 Å². The monoisotopic (exact) mass is 435 g/mol. The van der Waals surface area contributed by atoms with Crippen LogP contribution >= 0.6 is 0 Å². The first-order valence-corrected chi connectivity index (χ1v) is 10.5. The highest BCUT2D eigenvalue weighted by Crippen LogP contribution is 2.36. The largest absolute Gasteiger partial charge is 0.431 e. The average Bonchev–Trinajstić information content (AvgIpc) is 3.28. The van der Waals surface area contributed by atoms with Crippen LogP contribution in [0.25, 0.3) is 11.0 Å². The number of halogens is 3. The Morgan fingerprint density at radius 2 is 1.90 bits per heavy atom. The number of hydrogen-bond donors (Lipinski definition) is 2. The summed E-state index contributed by atoms with van der Waals surface area (Å²) in [6, 6.07) is 4.33. The summed E-state index contributed by atoms with van der Waals surface area (Å²) in [5.41, 5.74) is 0.386. The number of aromatic amines is 1. The lowest BCUT2D eigenvalue weighted by molar-refractivity contribution is -0.145. The van der Waals surface area contributed by atoms with Crippen LogP contribution in [0.2, 0.25) is 0 Å². The Morgan fingerprint density at radius 3 is 2.55 bits per heavy atom. The summed E-state index contributed by atoms with van der Waals surface area (Å²) in [7, 11) is 0. The van der Waals surface area contributed by atoms with Gasteiger partial charge in [0.05, 0.1) is 18.3 Å². The Kier molecular flexibility index (Phi) is 5.37. The number of rotatable bonds is 4. The molecular weight excluding hydrogens is 407 g/mol. The fraction of sp³-hybridized carbons (Fsp3) is 0.545. The molecule has 1 fully saturated rings. The minimum Gasteiger partial charge on any atom is -0.388 e. The maximum absolute atomic E-state index is 13.6. The number of nitrogens with zero attached hydrogens (tertiary/aromatic N) is 4. The van der Waals surface area contributed by atoms with Crippen LogP contribution in [0.15, 0.2) is 30.6 Å². The number of H-pyrrole nitrogens is 1. The lowest BCUT2D eigenvalue weighted by atomic mass is 9.88. The number of fused-ring (bicyclic) bond motifs is 1. The summed E-state index contributed by atoms with van der Waals surface area (Å²) in [5, 5.41) is 18.8. The molecule has 0 aromatic carbocycles. The quantitative estimate of drug-likeness (QED) is 0.647. The van der Waals surface area contributed by atoms with Crippen molar-refractivity contribution in [3.05, 3.63) is 47.5 Å². The van der Waals surface area contributed by atoms with Crippen LogP contribution in [0.5, 0.6) is 0 Å². The van der Waals surface area contributed by atoms with Crippen molar-refractivity contribution in [1.29, 1.82) is 0 Å². The average molecular weight is 435 g/mol. The molecule has 168 valence electrons. The van der Waals surface area contributed by atoms with E-state index in [-0.39, 0.29) is 17.6 Å². The number of piperidine rings is 1. The molecule has 9 heteroatoms. The molecule has 0 spiro atoms. The summed E-state index contributed by atoms with van der Waals surface area (Å²) in [6.07, 6.45) is -0.431. The van der Waals surface area contributed by atoms with Gasteiger partial charge in [-0.2, -0.15) is 18.3 Å². The summed E-state index contributed by atoms with van der Waals surface area (Å²) in [4.78, 5) is 6.35. The smallest absolute Gasteiger partial charge is 0.388 e. The van der Waals surface area contributed by atoms with Gasteiger partial charge in [-0.15, -0.1) is 0 Å². The summed E-state index contributed by atoms with van der Waals surface area (Å²) >= 11 is 0. The highest BCUT2D eigenvalue weighted by molar-refractivity contribution is 5.77. The van der Waals surface area contributed by atoms with Gasteiger partial charge in [-0.05, 0) is 31.0 Å². The van der Waals surface area contributed by atoms with Gasteiger partial charge in [-0.1, -0.05) is 20.8 Å². The van der Waals surface area contributed by atoms with Crippen molar-refractivity contribution in [2.45, 2.75) is 63.9 Å². The van der Waals surface area contributed by atoms with Gasteiger partial charge in [-0.3, -0.25) is 10.00 Å². The zero-order valence-electron chi connectivity index (χ0n) is 18.0. The molecule has 6 nitrogen and oxygen atoms in total.